The van der Waals surface area contributed by atoms with E-state index in [0.29, 0.717) is 21.2 Å². The Labute approximate surface area is 177 Å². The maximum absolute atomic E-state index is 12.6. The number of rotatable bonds is 2. The van der Waals surface area contributed by atoms with Gasteiger partial charge < -0.3 is 10.0 Å². The first-order valence-corrected chi connectivity index (χ1v) is 10.0. The Bertz CT molecular complexity index is 1100. The lowest BCUT2D eigenvalue weighted by Crippen LogP contribution is -2.44. The van der Waals surface area contributed by atoms with Gasteiger partial charge in [-0.3, -0.25) is 9.59 Å². The van der Waals surface area contributed by atoms with Gasteiger partial charge in [-0.25, -0.2) is 10.9 Å². The molecule has 3 N–H and O–H groups in total. The topological polar surface area (TPSA) is 86.6 Å². The van der Waals surface area contributed by atoms with E-state index in [1.165, 1.54) is 4.90 Å². The number of fused-ring (bicyclic) bond motifs is 1. The molecular weight excluding hydrogens is 490 g/mol. The predicted octanol–water partition coefficient (Wildman–Crippen LogP) is 3.86. The average molecular weight is 505 g/mol. The molecule has 1 fully saturated rings. The zero-order valence-corrected chi connectivity index (χ0v) is 17.6. The Morgan fingerprint density at radius 3 is 2.36 bits per heavy atom. The number of nitrogens with two attached hydrogens (primary N) is 1. The molecule has 0 bridgehead atoms. The van der Waals surface area contributed by atoms with Crippen LogP contribution in [0.4, 0.5) is 5.69 Å². The van der Waals surface area contributed by atoms with Gasteiger partial charge in [-0.1, -0.05) is 30.3 Å². The SMILES string of the molecule is NN(C(=O)C(=O)N1CC1c1cc(Br)c(O)c(Br)c1)c1ccc2ccccc2c1. The molecule has 0 spiro atoms. The molecule has 3 aromatic carbocycles. The number of hydrogen-bond acceptors (Lipinski definition) is 4. The minimum Gasteiger partial charge on any atom is -0.506 e. The molecule has 1 atom stereocenters. The number of phenolic OH excluding ortho intramolecular Hbond substituents is 1. The number of anilines is 1. The van der Waals surface area contributed by atoms with E-state index in [1.54, 1.807) is 24.3 Å². The summed E-state index contributed by atoms with van der Waals surface area (Å²) in [6.07, 6.45) is 0. The molecule has 1 aliphatic heterocycles. The van der Waals surface area contributed by atoms with Crippen LogP contribution >= 0.6 is 31.9 Å². The number of amides is 2. The number of nitrogens with zero attached hydrogens (tertiary/aromatic N) is 2. The Kier molecular flexibility index (Phi) is 4.86. The summed E-state index contributed by atoms with van der Waals surface area (Å²) in [5.41, 5.74) is 1.26. The second-order valence-electron chi connectivity index (χ2n) is 6.51. The molecule has 0 saturated carbocycles. The largest absolute Gasteiger partial charge is 0.506 e. The monoisotopic (exact) mass is 503 g/mol. The zero-order chi connectivity index (χ0) is 20.0. The minimum absolute atomic E-state index is 0.0859. The van der Waals surface area contributed by atoms with Crippen molar-refractivity contribution in [1.82, 2.24) is 4.90 Å². The van der Waals surface area contributed by atoms with E-state index in [1.807, 2.05) is 30.3 Å². The van der Waals surface area contributed by atoms with E-state index in [9.17, 15) is 14.7 Å². The Morgan fingerprint density at radius 1 is 1.04 bits per heavy atom. The van der Waals surface area contributed by atoms with Gasteiger partial charge in [0.1, 0.15) is 5.75 Å². The van der Waals surface area contributed by atoms with Crippen molar-refractivity contribution in [2.24, 2.45) is 5.84 Å². The summed E-state index contributed by atoms with van der Waals surface area (Å²) in [4.78, 5) is 26.6. The van der Waals surface area contributed by atoms with Crippen LogP contribution in [-0.2, 0) is 9.59 Å². The number of carbonyl (C=O) groups excluding carboxylic acids is 2. The summed E-state index contributed by atoms with van der Waals surface area (Å²) < 4.78 is 1.03. The highest BCUT2D eigenvalue weighted by Crippen LogP contribution is 2.41. The smallest absolute Gasteiger partial charge is 0.330 e. The quantitative estimate of drug-likeness (QED) is 0.182. The van der Waals surface area contributed by atoms with Gasteiger partial charge in [-0.05, 0) is 72.5 Å². The molecule has 1 saturated heterocycles. The highest BCUT2D eigenvalue weighted by Gasteiger charge is 2.44. The van der Waals surface area contributed by atoms with Crippen LogP contribution in [0.1, 0.15) is 11.6 Å². The van der Waals surface area contributed by atoms with Gasteiger partial charge in [0, 0.05) is 6.54 Å². The Hall–Kier alpha value is -2.42. The van der Waals surface area contributed by atoms with Crippen LogP contribution in [0.5, 0.6) is 5.75 Å². The first-order valence-electron chi connectivity index (χ1n) is 8.43. The molecule has 6 nitrogen and oxygen atoms in total. The number of benzene rings is 3. The lowest BCUT2D eigenvalue weighted by atomic mass is 10.1. The summed E-state index contributed by atoms with van der Waals surface area (Å²) in [7, 11) is 0. The third kappa shape index (κ3) is 3.39. The molecule has 2 amide bonds. The van der Waals surface area contributed by atoms with Crippen LogP contribution in [0.2, 0.25) is 0 Å². The van der Waals surface area contributed by atoms with Crippen LogP contribution in [0.25, 0.3) is 10.8 Å². The van der Waals surface area contributed by atoms with Gasteiger partial charge >= 0.3 is 11.8 Å². The van der Waals surface area contributed by atoms with Gasteiger partial charge in [0.15, 0.2) is 0 Å². The third-order valence-electron chi connectivity index (χ3n) is 4.71. The molecule has 0 aliphatic carbocycles. The van der Waals surface area contributed by atoms with E-state index < -0.39 is 11.8 Å². The van der Waals surface area contributed by atoms with Crippen molar-refractivity contribution in [3.8, 4) is 5.75 Å². The summed E-state index contributed by atoms with van der Waals surface area (Å²) in [6, 6.07) is 16.3. The van der Waals surface area contributed by atoms with Gasteiger partial charge in [0.2, 0.25) is 0 Å². The van der Waals surface area contributed by atoms with Crippen molar-refractivity contribution >= 4 is 60.1 Å². The van der Waals surface area contributed by atoms with E-state index in [-0.39, 0.29) is 11.8 Å². The molecule has 1 aliphatic rings. The Morgan fingerprint density at radius 2 is 1.68 bits per heavy atom. The van der Waals surface area contributed by atoms with Crippen molar-refractivity contribution in [1.29, 1.82) is 0 Å². The standard InChI is InChI=1S/C20H15Br2N3O3/c21-15-8-13(9-16(22)18(15)26)17-10-24(17)19(27)20(28)25(23)14-6-5-11-3-1-2-4-12(11)7-14/h1-9,17,26H,10,23H2. The average Bonchev–Trinajstić information content (AvgIpc) is 3.50. The van der Waals surface area contributed by atoms with Crippen LogP contribution in [0.3, 0.4) is 0 Å². The van der Waals surface area contributed by atoms with Crippen LogP contribution in [0.15, 0.2) is 63.5 Å². The fourth-order valence-electron chi connectivity index (χ4n) is 3.10. The molecule has 0 radical (unpaired) electrons. The molecule has 8 heteroatoms. The van der Waals surface area contributed by atoms with Crippen molar-refractivity contribution in [2.75, 3.05) is 11.6 Å². The van der Waals surface area contributed by atoms with E-state index in [0.717, 1.165) is 21.3 Å². The van der Waals surface area contributed by atoms with Gasteiger partial charge in [-0.15, -0.1) is 0 Å². The normalized spacial score (nSPS) is 15.5. The Balaban J connectivity index is 1.51. The number of hydrogen-bond donors (Lipinski definition) is 2. The second-order valence-corrected chi connectivity index (χ2v) is 8.22. The molecule has 4 rings (SSSR count). The number of halogens is 2. The second kappa shape index (κ2) is 7.20. The van der Waals surface area contributed by atoms with E-state index >= 15 is 0 Å². The van der Waals surface area contributed by atoms with Crippen molar-refractivity contribution in [3.63, 3.8) is 0 Å². The van der Waals surface area contributed by atoms with E-state index in [2.05, 4.69) is 31.9 Å². The van der Waals surface area contributed by atoms with Gasteiger partial charge in [0.25, 0.3) is 0 Å². The fourth-order valence-corrected chi connectivity index (χ4v) is 4.32. The molecule has 1 unspecified atom stereocenters. The van der Waals surface area contributed by atoms with E-state index in [4.69, 9.17) is 5.84 Å². The first kappa shape index (κ1) is 18.9. The van der Waals surface area contributed by atoms with Crippen LogP contribution in [0, 0.1) is 0 Å². The molecule has 1 heterocycles. The number of hydrazine groups is 1. The lowest BCUT2D eigenvalue weighted by molar-refractivity contribution is -0.141. The summed E-state index contributed by atoms with van der Waals surface area (Å²) in [5, 5.41) is 12.7. The summed E-state index contributed by atoms with van der Waals surface area (Å²) >= 11 is 6.55. The van der Waals surface area contributed by atoms with Crippen molar-refractivity contribution in [2.45, 2.75) is 6.04 Å². The van der Waals surface area contributed by atoms with Gasteiger partial charge in [-0.2, -0.15) is 0 Å². The van der Waals surface area contributed by atoms with Crippen molar-refractivity contribution < 1.29 is 14.7 Å². The van der Waals surface area contributed by atoms with Crippen LogP contribution < -0.4 is 10.9 Å². The highest BCUT2D eigenvalue weighted by molar-refractivity contribution is 9.11. The van der Waals surface area contributed by atoms with Crippen LogP contribution in [-0.4, -0.2) is 28.4 Å². The maximum atomic E-state index is 12.6. The fraction of sp³-hybridized carbons (Fsp3) is 0.100. The maximum Gasteiger partial charge on any atom is 0.330 e. The molecule has 0 aromatic heterocycles. The molecule has 3 aromatic rings. The molecule has 28 heavy (non-hydrogen) atoms. The summed E-state index contributed by atoms with van der Waals surface area (Å²) in [6.45, 7) is 0.416. The lowest BCUT2D eigenvalue weighted by Gasteiger charge is -2.17. The number of carbonyl (C=O) groups is 2. The predicted molar refractivity (Wildman–Crippen MR) is 114 cm³/mol. The minimum atomic E-state index is -0.797. The third-order valence-corrected chi connectivity index (χ3v) is 5.92. The molecule has 142 valence electrons. The van der Waals surface area contributed by atoms with Gasteiger partial charge in [0.05, 0.1) is 20.7 Å². The number of phenols is 1. The zero-order valence-electron chi connectivity index (χ0n) is 14.5. The summed E-state index contributed by atoms with van der Waals surface area (Å²) in [5.74, 6) is 4.56. The number of aromatic hydroxyl groups is 1. The van der Waals surface area contributed by atoms with Crippen molar-refractivity contribution in [3.05, 3.63) is 69.1 Å². The molecular formula is C20H15Br2N3O3. The highest BCUT2D eigenvalue weighted by atomic mass is 79.9. The first-order chi connectivity index (χ1) is 13.4.